The van der Waals surface area contributed by atoms with Crippen molar-refractivity contribution in [3.63, 3.8) is 0 Å². The van der Waals surface area contributed by atoms with Crippen LogP contribution < -0.4 is 5.32 Å². The van der Waals surface area contributed by atoms with Gasteiger partial charge in [-0.2, -0.15) is 11.8 Å². The fourth-order valence-electron chi connectivity index (χ4n) is 2.59. The Morgan fingerprint density at radius 3 is 2.65 bits per heavy atom. The van der Waals surface area contributed by atoms with Crippen LogP contribution in [0, 0.1) is 6.92 Å². The summed E-state index contributed by atoms with van der Waals surface area (Å²) in [5, 5.41) is 4.37. The topological polar surface area (TPSA) is 12.0 Å². The summed E-state index contributed by atoms with van der Waals surface area (Å²) in [4.78, 5) is 0. The molecule has 0 heterocycles. The fraction of sp³-hybridized carbons (Fsp3) is 0.600. The smallest absolute Gasteiger partial charge is 0.0412 e. The summed E-state index contributed by atoms with van der Waals surface area (Å²) in [5.41, 5.74) is 2.86. The highest BCUT2D eigenvalue weighted by Crippen LogP contribution is 2.32. The lowest BCUT2D eigenvalue weighted by Crippen LogP contribution is -2.20. The van der Waals surface area contributed by atoms with E-state index in [1.165, 1.54) is 42.6 Å². The Hall–Kier alpha value is -0.470. The predicted molar refractivity (Wildman–Crippen MR) is 77.7 cm³/mol. The van der Waals surface area contributed by atoms with Crippen molar-refractivity contribution in [2.75, 3.05) is 12.8 Å². The summed E-state index contributed by atoms with van der Waals surface area (Å²) in [6.45, 7) is 2.21. The van der Waals surface area contributed by atoms with E-state index in [2.05, 4.69) is 55.3 Å². The number of rotatable bonds is 5. The quantitative estimate of drug-likeness (QED) is 0.848. The minimum absolute atomic E-state index is 0.502. The Morgan fingerprint density at radius 1 is 1.29 bits per heavy atom. The molecule has 0 spiro atoms. The summed E-state index contributed by atoms with van der Waals surface area (Å²) in [7, 11) is 2.08. The molecule has 1 aromatic rings. The van der Waals surface area contributed by atoms with E-state index in [0.717, 1.165) is 5.25 Å². The molecule has 1 saturated carbocycles. The van der Waals surface area contributed by atoms with E-state index in [0.29, 0.717) is 6.04 Å². The van der Waals surface area contributed by atoms with E-state index in [9.17, 15) is 0 Å². The van der Waals surface area contributed by atoms with E-state index >= 15 is 0 Å². The molecule has 1 atom stereocenters. The van der Waals surface area contributed by atoms with Gasteiger partial charge in [0.05, 0.1) is 0 Å². The summed E-state index contributed by atoms with van der Waals surface area (Å²) in [6, 6.07) is 9.23. The minimum Gasteiger partial charge on any atom is -0.312 e. The standard InChI is InChI=1S/C15H23NS/c1-12-7-3-6-10-14(12)15(16-2)11-17-13-8-4-5-9-13/h3,6-7,10,13,15-16H,4-5,8-9,11H2,1-2H3. The SMILES string of the molecule is CNC(CSC1CCCC1)c1ccccc1C. The number of hydrogen-bond donors (Lipinski definition) is 1. The van der Waals surface area contributed by atoms with Crippen LogP contribution >= 0.6 is 11.8 Å². The zero-order valence-electron chi connectivity index (χ0n) is 10.9. The van der Waals surface area contributed by atoms with Crippen molar-refractivity contribution in [3.8, 4) is 0 Å². The second-order valence-corrected chi connectivity index (χ2v) is 6.27. The van der Waals surface area contributed by atoms with E-state index in [1.54, 1.807) is 0 Å². The third kappa shape index (κ3) is 3.49. The number of hydrogen-bond acceptors (Lipinski definition) is 2. The van der Waals surface area contributed by atoms with Crippen molar-refractivity contribution in [1.29, 1.82) is 0 Å². The molecule has 1 fully saturated rings. The zero-order valence-corrected chi connectivity index (χ0v) is 11.7. The van der Waals surface area contributed by atoms with Crippen LogP contribution in [0.25, 0.3) is 0 Å². The van der Waals surface area contributed by atoms with Gasteiger partial charge in [-0.1, -0.05) is 37.1 Å². The number of thioether (sulfide) groups is 1. The van der Waals surface area contributed by atoms with Crippen LogP contribution in [-0.4, -0.2) is 18.1 Å². The molecular formula is C15H23NS. The van der Waals surface area contributed by atoms with Crippen LogP contribution in [-0.2, 0) is 0 Å². The van der Waals surface area contributed by atoms with Gasteiger partial charge in [-0.15, -0.1) is 0 Å². The average Bonchev–Trinajstić information content (AvgIpc) is 2.85. The number of aryl methyl sites for hydroxylation is 1. The molecule has 0 radical (unpaired) electrons. The lowest BCUT2D eigenvalue weighted by molar-refractivity contribution is 0.656. The molecule has 17 heavy (non-hydrogen) atoms. The maximum absolute atomic E-state index is 3.46. The third-order valence-corrected chi connectivity index (χ3v) is 5.18. The van der Waals surface area contributed by atoms with Gasteiger partial charge in [0.1, 0.15) is 0 Å². The summed E-state index contributed by atoms with van der Waals surface area (Å²) >= 11 is 2.16. The molecule has 0 bridgehead atoms. The Bertz CT molecular complexity index is 345. The molecule has 0 amide bonds. The van der Waals surface area contributed by atoms with E-state index in [-0.39, 0.29) is 0 Å². The van der Waals surface area contributed by atoms with Gasteiger partial charge in [-0.25, -0.2) is 0 Å². The molecule has 2 heteroatoms. The largest absolute Gasteiger partial charge is 0.312 e. The van der Waals surface area contributed by atoms with Crippen LogP contribution in [0.4, 0.5) is 0 Å². The maximum Gasteiger partial charge on any atom is 0.0412 e. The molecule has 94 valence electrons. The minimum atomic E-state index is 0.502. The van der Waals surface area contributed by atoms with Gasteiger partial charge in [-0.05, 0) is 37.9 Å². The summed E-state index contributed by atoms with van der Waals surface area (Å²) < 4.78 is 0. The highest BCUT2D eigenvalue weighted by Gasteiger charge is 2.18. The normalized spacial score (nSPS) is 18.5. The van der Waals surface area contributed by atoms with Crippen LogP contribution in [0.5, 0.6) is 0 Å². The first-order valence-corrected chi connectivity index (χ1v) is 7.70. The molecule has 1 aliphatic carbocycles. The van der Waals surface area contributed by atoms with Crippen molar-refractivity contribution >= 4 is 11.8 Å². The Labute approximate surface area is 109 Å². The second-order valence-electron chi connectivity index (χ2n) is 4.94. The Kier molecular flexibility index (Phi) is 4.93. The van der Waals surface area contributed by atoms with Crippen molar-refractivity contribution in [2.24, 2.45) is 0 Å². The number of nitrogens with one attached hydrogen (secondary N) is 1. The summed E-state index contributed by atoms with van der Waals surface area (Å²) in [6.07, 6.45) is 5.72. The van der Waals surface area contributed by atoms with Gasteiger partial charge in [0.25, 0.3) is 0 Å². The van der Waals surface area contributed by atoms with Gasteiger partial charge < -0.3 is 5.32 Å². The lowest BCUT2D eigenvalue weighted by Gasteiger charge is -2.20. The van der Waals surface area contributed by atoms with Crippen LogP contribution in [0.3, 0.4) is 0 Å². The first-order chi connectivity index (χ1) is 8.31. The van der Waals surface area contributed by atoms with E-state index in [1.807, 2.05) is 0 Å². The molecule has 0 aromatic heterocycles. The first-order valence-electron chi connectivity index (χ1n) is 6.65. The molecular weight excluding hydrogens is 226 g/mol. The van der Waals surface area contributed by atoms with Gasteiger partial charge in [0.2, 0.25) is 0 Å². The zero-order chi connectivity index (χ0) is 12.1. The second kappa shape index (κ2) is 6.46. The number of benzene rings is 1. The molecule has 1 aliphatic rings. The predicted octanol–water partition coefficient (Wildman–Crippen LogP) is 3.93. The van der Waals surface area contributed by atoms with Crippen molar-refractivity contribution in [3.05, 3.63) is 35.4 Å². The third-order valence-electron chi connectivity index (χ3n) is 3.71. The van der Waals surface area contributed by atoms with Gasteiger partial charge in [0.15, 0.2) is 0 Å². The highest BCUT2D eigenvalue weighted by atomic mass is 32.2. The van der Waals surface area contributed by atoms with Gasteiger partial charge in [0, 0.05) is 17.0 Å². The Morgan fingerprint density at radius 2 is 2.00 bits per heavy atom. The Balaban J connectivity index is 1.94. The molecule has 0 saturated heterocycles. The fourth-order valence-corrected chi connectivity index (χ4v) is 4.07. The van der Waals surface area contributed by atoms with Gasteiger partial charge in [-0.3, -0.25) is 0 Å². The van der Waals surface area contributed by atoms with Crippen LogP contribution in [0.2, 0.25) is 0 Å². The van der Waals surface area contributed by atoms with Crippen LogP contribution in [0.15, 0.2) is 24.3 Å². The summed E-state index contributed by atoms with van der Waals surface area (Å²) in [5.74, 6) is 1.20. The first kappa shape index (κ1) is 13.0. The molecule has 2 rings (SSSR count). The highest BCUT2D eigenvalue weighted by molar-refractivity contribution is 7.99. The monoisotopic (exact) mass is 249 g/mol. The molecule has 1 N–H and O–H groups in total. The molecule has 1 aromatic carbocycles. The molecule has 1 nitrogen and oxygen atoms in total. The van der Waals surface area contributed by atoms with E-state index < -0.39 is 0 Å². The van der Waals surface area contributed by atoms with Crippen molar-refractivity contribution in [1.82, 2.24) is 5.32 Å². The lowest BCUT2D eigenvalue weighted by atomic mass is 10.0. The van der Waals surface area contributed by atoms with Crippen molar-refractivity contribution in [2.45, 2.75) is 43.9 Å². The molecule has 1 unspecified atom stereocenters. The van der Waals surface area contributed by atoms with Crippen molar-refractivity contribution < 1.29 is 0 Å². The van der Waals surface area contributed by atoms with Crippen LogP contribution in [0.1, 0.15) is 42.9 Å². The van der Waals surface area contributed by atoms with Gasteiger partial charge >= 0.3 is 0 Å². The maximum atomic E-state index is 3.46. The molecule has 0 aliphatic heterocycles. The average molecular weight is 249 g/mol. The van der Waals surface area contributed by atoms with E-state index in [4.69, 9.17) is 0 Å².